The zero-order chi connectivity index (χ0) is 14.0. The van der Waals surface area contributed by atoms with Gasteiger partial charge >= 0.3 is 0 Å². The molecule has 0 saturated carbocycles. The molecular weight excluding hydrogens is 330 g/mol. The molecule has 1 aromatic carbocycles. The van der Waals surface area contributed by atoms with Gasteiger partial charge in [-0.3, -0.25) is 4.79 Å². The SMILES string of the molecule is Cc1ccc(C(=O)N2CC(CCl)OCC2C)cc1Br. The zero-order valence-electron chi connectivity index (χ0n) is 11.0. The van der Waals surface area contributed by atoms with E-state index in [0.29, 0.717) is 24.6 Å². The van der Waals surface area contributed by atoms with Crippen LogP contribution in [0.25, 0.3) is 0 Å². The monoisotopic (exact) mass is 345 g/mol. The van der Waals surface area contributed by atoms with Crippen molar-refractivity contribution in [1.29, 1.82) is 0 Å². The molecule has 0 spiro atoms. The van der Waals surface area contributed by atoms with Gasteiger partial charge in [-0.15, -0.1) is 11.6 Å². The highest BCUT2D eigenvalue weighted by Gasteiger charge is 2.29. The molecule has 0 N–H and O–H groups in total. The number of amides is 1. The van der Waals surface area contributed by atoms with E-state index < -0.39 is 0 Å². The second-order valence-corrected chi connectivity index (χ2v) is 6.04. The molecule has 0 aliphatic carbocycles. The van der Waals surface area contributed by atoms with Crippen LogP contribution in [0.15, 0.2) is 22.7 Å². The van der Waals surface area contributed by atoms with Crippen LogP contribution in [0, 0.1) is 6.92 Å². The van der Waals surface area contributed by atoms with E-state index >= 15 is 0 Å². The number of rotatable bonds is 2. The summed E-state index contributed by atoms with van der Waals surface area (Å²) in [4.78, 5) is 14.4. The highest BCUT2D eigenvalue weighted by molar-refractivity contribution is 9.10. The Balaban J connectivity index is 2.19. The minimum atomic E-state index is -0.0734. The maximum Gasteiger partial charge on any atom is 0.254 e. The Kier molecular flexibility index (Phi) is 4.87. The minimum absolute atomic E-state index is 0.0339. The van der Waals surface area contributed by atoms with Crippen LogP contribution in [0.2, 0.25) is 0 Å². The molecule has 1 saturated heterocycles. The maximum absolute atomic E-state index is 12.5. The molecule has 3 nitrogen and oxygen atoms in total. The Labute approximate surface area is 127 Å². The lowest BCUT2D eigenvalue weighted by Gasteiger charge is -2.37. The van der Waals surface area contributed by atoms with E-state index in [4.69, 9.17) is 16.3 Å². The second kappa shape index (κ2) is 6.25. The smallest absolute Gasteiger partial charge is 0.254 e. The van der Waals surface area contributed by atoms with Crippen LogP contribution in [0.1, 0.15) is 22.8 Å². The second-order valence-electron chi connectivity index (χ2n) is 4.88. The lowest BCUT2D eigenvalue weighted by molar-refractivity contribution is -0.0371. The van der Waals surface area contributed by atoms with Gasteiger partial charge in [0.2, 0.25) is 0 Å². The number of hydrogen-bond donors (Lipinski definition) is 0. The number of carbonyl (C=O) groups is 1. The van der Waals surface area contributed by atoms with Crippen molar-refractivity contribution in [2.24, 2.45) is 0 Å². The van der Waals surface area contributed by atoms with Crippen molar-refractivity contribution in [2.45, 2.75) is 26.0 Å². The van der Waals surface area contributed by atoms with Gasteiger partial charge in [0.25, 0.3) is 5.91 Å². The van der Waals surface area contributed by atoms with Crippen LogP contribution in [0.3, 0.4) is 0 Å². The van der Waals surface area contributed by atoms with Gasteiger partial charge in [0.05, 0.1) is 24.6 Å². The molecule has 1 amide bonds. The quantitative estimate of drug-likeness (QED) is 0.770. The fraction of sp³-hybridized carbons (Fsp3) is 0.500. The van der Waals surface area contributed by atoms with Crippen molar-refractivity contribution in [2.75, 3.05) is 19.0 Å². The summed E-state index contributed by atoms with van der Waals surface area (Å²) < 4.78 is 6.52. The van der Waals surface area contributed by atoms with E-state index in [1.807, 2.05) is 36.9 Å². The molecule has 2 unspecified atom stereocenters. The number of nitrogens with zero attached hydrogens (tertiary/aromatic N) is 1. The summed E-state index contributed by atoms with van der Waals surface area (Å²) in [5, 5.41) is 0. The van der Waals surface area contributed by atoms with Crippen molar-refractivity contribution in [3.8, 4) is 0 Å². The van der Waals surface area contributed by atoms with Gasteiger partial charge in [0, 0.05) is 16.6 Å². The third-order valence-electron chi connectivity index (χ3n) is 3.36. The first-order chi connectivity index (χ1) is 9.02. The molecule has 1 aliphatic heterocycles. The highest BCUT2D eigenvalue weighted by atomic mass is 79.9. The fourth-order valence-electron chi connectivity index (χ4n) is 2.09. The summed E-state index contributed by atoms with van der Waals surface area (Å²) in [7, 11) is 0. The van der Waals surface area contributed by atoms with Crippen LogP contribution in [-0.4, -0.2) is 42.0 Å². The number of halogens is 2. The maximum atomic E-state index is 12.5. The zero-order valence-corrected chi connectivity index (χ0v) is 13.4. The van der Waals surface area contributed by atoms with E-state index in [9.17, 15) is 4.79 Å². The predicted molar refractivity (Wildman–Crippen MR) is 79.8 cm³/mol. The molecule has 1 heterocycles. The summed E-state index contributed by atoms with van der Waals surface area (Å²) in [6, 6.07) is 5.75. The largest absolute Gasteiger partial charge is 0.373 e. The Morgan fingerprint density at radius 1 is 1.58 bits per heavy atom. The Morgan fingerprint density at radius 3 is 2.95 bits per heavy atom. The Bertz CT molecular complexity index is 481. The molecule has 2 atom stereocenters. The van der Waals surface area contributed by atoms with Gasteiger partial charge in [-0.2, -0.15) is 0 Å². The minimum Gasteiger partial charge on any atom is -0.373 e. The molecule has 0 radical (unpaired) electrons. The van der Waals surface area contributed by atoms with Gasteiger partial charge < -0.3 is 9.64 Å². The summed E-state index contributed by atoms with van der Waals surface area (Å²) >= 11 is 9.28. The standard InChI is InChI=1S/C14H17BrClNO2/c1-9-3-4-11(5-13(9)15)14(18)17-7-12(6-16)19-8-10(17)2/h3-5,10,12H,6-8H2,1-2H3. The van der Waals surface area contributed by atoms with Crippen LogP contribution >= 0.6 is 27.5 Å². The summed E-state index contributed by atoms with van der Waals surface area (Å²) in [5.74, 6) is 0.445. The Morgan fingerprint density at radius 2 is 2.32 bits per heavy atom. The van der Waals surface area contributed by atoms with Crippen molar-refractivity contribution < 1.29 is 9.53 Å². The number of alkyl halides is 1. The number of ether oxygens (including phenoxy) is 1. The van der Waals surface area contributed by atoms with Crippen LogP contribution < -0.4 is 0 Å². The van der Waals surface area contributed by atoms with E-state index in [2.05, 4.69) is 15.9 Å². The normalized spacial score (nSPS) is 23.5. The van der Waals surface area contributed by atoms with Gasteiger partial charge in [0.15, 0.2) is 0 Å². The summed E-state index contributed by atoms with van der Waals surface area (Å²) in [6.07, 6.45) is -0.0734. The van der Waals surface area contributed by atoms with E-state index in [-0.39, 0.29) is 18.1 Å². The first kappa shape index (κ1) is 14.8. The first-order valence-corrected chi connectivity index (χ1v) is 7.60. The predicted octanol–water partition coefficient (Wildman–Crippen LogP) is 3.23. The fourth-order valence-corrected chi connectivity index (χ4v) is 2.65. The van der Waals surface area contributed by atoms with Crippen LogP contribution in [0.4, 0.5) is 0 Å². The first-order valence-electron chi connectivity index (χ1n) is 6.27. The molecule has 104 valence electrons. The molecule has 19 heavy (non-hydrogen) atoms. The number of morpholine rings is 1. The average molecular weight is 347 g/mol. The third kappa shape index (κ3) is 3.30. The molecule has 1 fully saturated rings. The van der Waals surface area contributed by atoms with Gasteiger partial charge in [-0.05, 0) is 31.5 Å². The molecule has 2 rings (SSSR count). The molecule has 1 aliphatic rings. The molecule has 0 bridgehead atoms. The third-order valence-corrected chi connectivity index (χ3v) is 4.56. The van der Waals surface area contributed by atoms with E-state index in [0.717, 1.165) is 10.0 Å². The number of benzene rings is 1. The molecular formula is C14H17BrClNO2. The Hall–Kier alpha value is -0.580. The van der Waals surface area contributed by atoms with Gasteiger partial charge in [-0.1, -0.05) is 22.0 Å². The molecule has 1 aromatic rings. The summed E-state index contributed by atoms with van der Waals surface area (Å²) in [5.41, 5.74) is 1.81. The summed E-state index contributed by atoms with van der Waals surface area (Å²) in [6.45, 7) is 5.08. The molecule has 5 heteroatoms. The van der Waals surface area contributed by atoms with E-state index in [1.54, 1.807) is 0 Å². The lowest BCUT2D eigenvalue weighted by atomic mass is 10.1. The van der Waals surface area contributed by atoms with Crippen LogP contribution in [0.5, 0.6) is 0 Å². The van der Waals surface area contributed by atoms with Crippen molar-refractivity contribution >= 4 is 33.4 Å². The number of aryl methyl sites for hydroxylation is 1. The highest BCUT2D eigenvalue weighted by Crippen LogP contribution is 2.21. The van der Waals surface area contributed by atoms with Gasteiger partial charge in [-0.25, -0.2) is 0 Å². The average Bonchev–Trinajstić information content (AvgIpc) is 2.41. The van der Waals surface area contributed by atoms with Crippen molar-refractivity contribution in [1.82, 2.24) is 4.90 Å². The lowest BCUT2D eigenvalue weighted by Crippen LogP contribution is -2.51. The van der Waals surface area contributed by atoms with Gasteiger partial charge in [0.1, 0.15) is 0 Å². The molecule has 0 aromatic heterocycles. The van der Waals surface area contributed by atoms with Crippen molar-refractivity contribution in [3.05, 3.63) is 33.8 Å². The topological polar surface area (TPSA) is 29.5 Å². The van der Waals surface area contributed by atoms with Crippen molar-refractivity contribution in [3.63, 3.8) is 0 Å². The number of carbonyl (C=O) groups excluding carboxylic acids is 1. The number of hydrogen-bond acceptors (Lipinski definition) is 2. The van der Waals surface area contributed by atoms with Crippen LogP contribution in [-0.2, 0) is 4.74 Å². The van der Waals surface area contributed by atoms with E-state index in [1.165, 1.54) is 0 Å².